The maximum absolute atomic E-state index is 10.9. The molecule has 0 bridgehead atoms. The largest absolute Gasteiger partial charge is 0.276 e. The summed E-state index contributed by atoms with van der Waals surface area (Å²) in [5.41, 5.74) is 1.69. The van der Waals surface area contributed by atoms with Gasteiger partial charge in [-0.25, -0.2) is 0 Å². The molecule has 0 radical (unpaired) electrons. The van der Waals surface area contributed by atoms with Crippen molar-refractivity contribution in [2.45, 2.75) is 0 Å². The number of rotatable bonds is 4. The van der Waals surface area contributed by atoms with Crippen LogP contribution in [0.15, 0.2) is 60.7 Å². The van der Waals surface area contributed by atoms with Crippen LogP contribution < -0.4 is 0 Å². The fourth-order valence-corrected chi connectivity index (χ4v) is 2.00. The van der Waals surface area contributed by atoms with Gasteiger partial charge in [0.25, 0.3) is 5.69 Å². The minimum atomic E-state index is -0.437. The Labute approximate surface area is 132 Å². The number of benzene rings is 2. The van der Waals surface area contributed by atoms with Gasteiger partial charge in [-0.05, 0) is 35.9 Å². The summed E-state index contributed by atoms with van der Waals surface area (Å²) in [6.45, 7) is 0. The van der Waals surface area contributed by atoms with Gasteiger partial charge in [0.1, 0.15) is 0 Å². The molecule has 22 heavy (non-hydrogen) atoms. The third-order valence-corrected chi connectivity index (χ3v) is 3.20. The van der Waals surface area contributed by atoms with Crippen molar-refractivity contribution < 1.29 is 4.92 Å². The Morgan fingerprint density at radius 3 is 2.50 bits per heavy atom. The lowest BCUT2D eigenvalue weighted by Crippen LogP contribution is -1.90. The molecule has 0 N–H and O–H groups in total. The van der Waals surface area contributed by atoms with Gasteiger partial charge in [0.15, 0.2) is 0 Å². The van der Waals surface area contributed by atoms with E-state index < -0.39 is 4.92 Å². The molecule has 0 spiro atoms. The molecule has 2 aromatic rings. The molecule has 0 fully saturated rings. The Morgan fingerprint density at radius 1 is 1.18 bits per heavy atom. The number of halogens is 1. The number of allylic oxidation sites excluding steroid dienone is 3. The van der Waals surface area contributed by atoms with Crippen molar-refractivity contribution in [3.63, 3.8) is 0 Å². The van der Waals surface area contributed by atoms with Gasteiger partial charge in [0, 0.05) is 11.1 Å². The SMILES string of the molecule is N#C/C(=C/C=C/c1ccccc1[N+](=O)[O-])c1ccc(Cl)cc1. The monoisotopic (exact) mass is 310 g/mol. The number of nitriles is 1. The first-order valence-electron chi connectivity index (χ1n) is 6.39. The molecule has 4 nitrogen and oxygen atoms in total. The average molecular weight is 311 g/mol. The second kappa shape index (κ2) is 7.21. The van der Waals surface area contributed by atoms with Crippen LogP contribution in [0, 0.1) is 21.4 Å². The van der Waals surface area contributed by atoms with Crippen LogP contribution in [0.2, 0.25) is 5.02 Å². The molecule has 0 saturated carbocycles. The van der Waals surface area contributed by atoms with Crippen molar-refractivity contribution in [1.29, 1.82) is 5.26 Å². The highest BCUT2D eigenvalue weighted by atomic mass is 35.5. The van der Waals surface area contributed by atoms with Crippen LogP contribution in [-0.4, -0.2) is 4.92 Å². The van der Waals surface area contributed by atoms with Crippen LogP contribution in [-0.2, 0) is 0 Å². The molecule has 0 heterocycles. The summed E-state index contributed by atoms with van der Waals surface area (Å²) < 4.78 is 0. The summed E-state index contributed by atoms with van der Waals surface area (Å²) in [6.07, 6.45) is 4.83. The van der Waals surface area contributed by atoms with Crippen molar-refractivity contribution in [3.05, 3.63) is 86.9 Å². The van der Waals surface area contributed by atoms with E-state index in [1.165, 1.54) is 6.07 Å². The van der Waals surface area contributed by atoms with Crippen molar-refractivity contribution in [2.75, 3.05) is 0 Å². The van der Waals surface area contributed by atoms with E-state index >= 15 is 0 Å². The van der Waals surface area contributed by atoms with Gasteiger partial charge in [-0.3, -0.25) is 10.1 Å². The topological polar surface area (TPSA) is 66.9 Å². The molecule has 0 aliphatic heterocycles. The van der Waals surface area contributed by atoms with Gasteiger partial charge in [-0.2, -0.15) is 5.26 Å². The highest BCUT2D eigenvalue weighted by Crippen LogP contribution is 2.20. The second-order valence-electron chi connectivity index (χ2n) is 4.37. The van der Waals surface area contributed by atoms with Crippen LogP contribution in [0.4, 0.5) is 5.69 Å². The van der Waals surface area contributed by atoms with Crippen molar-refractivity contribution in [2.24, 2.45) is 0 Å². The fraction of sp³-hybridized carbons (Fsp3) is 0. The molecule has 5 heteroatoms. The quantitative estimate of drug-likeness (QED) is 0.350. The predicted molar refractivity (Wildman–Crippen MR) is 87.2 cm³/mol. The minimum absolute atomic E-state index is 0.0251. The zero-order valence-electron chi connectivity index (χ0n) is 11.4. The molecule has 0 amide bonds. The number of nitro benzene ring substituents is 1. The summed E-state index contributed by atoms with van der Waals surface area (Å²) in [5.74, 6) is 0. The van der Waals surface area contributed by atoms with Crippen LogP contribution >= 0.6 is 11.6 Å². The van der Waals surface area contributed by atoms with E-state index in [9.17, 15) is 15.4 Å². The molecule has 108 valence electrons. The first kappa shape index (κ1) is 15.5. The van der Waals surface area contributed by atoms with E-state index in [4.69, 9.17) is 11.6 Å². The first-order valence-corrected chi connectivity index (χ1v) is 6.77. The second-order valence-corrected chi connectivity index (χ2v) is 4.81. The van der Waals surface area contributed by atoms with E-state index in [0.29, 0.717) is 16.2 Å². The van der Waals surface area contributed by atoms with E-state index in [1.54, 1.807) is 60.7 Å². The summed E-state index contributed by atoms with van der Waals surface area (Å²) in [7, 11) is 0. The lowest BCUT2D eigenvalue weighted by molar-refractivity contribution is -0.385. The molecule has 0 aromatic heterocycles. The Bertz CT molecular complexity index is 787. The van der Waals surface area contributed by atoms with E-state index in [-0.39, 0.29) is 5.69 Å². The van der Waals surface area contributed by atoms with Crippen molar-refractivity contribution >= 4 is 28.9 Å². The lowest BCUT2D eigenvalue weighted by atomic mass is 10.1. The molecular weight excluding hydrogens is 300 g/mol. The Kier molecular flexibility index (Phi) is 5.07. The maximum atomic E-state index is 10.9. The smallest absolute Gasteiger partial charge is 0.258 e. The van der Waals surface area contributed by atoms with Gasteiger partial charge in [-0.15, -0.1) is 0 Å². The number of hydrogen-bond donors (Lipinski definition) is 0. The number of hydrogen-bond acceptors (Lipinski definition) is 3. The standard InChI is InChI=1S/C17H11ClN2O2/c18-16-10-8-13(9-11-16)15(12-19)6-3-5-14-4-1-2-7-17(14)20(21)22/h1-11H/b5-3+,15-6-. The van der Waals surface area contributed by atoms with E-state index in [1.807, 2.05) is 0 Å². The molecule has 0 atom stereocenters. The molecule has 0 unspecified atom stereocenters. The summed E-state index contributed by atoms with van der Waals surface area (Å²) in [6, 6.07) is 15.4. The van der Waals surface area contributed by atoms with Gasteiger partial charge in [-0.1, -0.05) is 41.9 Å². The fourth-order valence-electron chi connectivity index (χ4n) is 1.87. The van der Waals surface area contributed by atoms with Gasteiger partial charge in [0.2, 0.25) is 0 Å². The number of nitrogens with zero attached hydrogens (tertiary/aromatic N) is 2. The summed E-state index contributed by atoms with van der Waals surface area (Å²) in [4.78, 5) is 10.5. The average Bonchev–Trinajstić information content (AvgIpc) is 2.53. The molecular formula is C17H11ClN2O2. The van der Waals surface area contributed by atoms with Crippen LogP contribution in [0.3, 0.4) is 0 Å². The first-order chi connectivity index (χ1) is 10.6. The highest BCUT2D eigenvalue weighted by molar-refractivity contribution is 6.30. The Morgan fingerprint density at radius 2 is 1.86 bits per heavy atom. The molecule has 2 aromatic carbocycles. The van der Waals surface area contributed by atoms with Gasteiger partial charge < -0.3 is 0 Å². The van der Waals surface area contributed by atoms with Crippen LogP contribution in [0.5, 0.6) is 0 Å². The Hall–Kier alpha value is -2.90. The molecule has 2 rings (SSSR count). The van der Waals surface area contributed by atoms with E-state index in [2.05, 4.69) is 6.07 Å². The highest BCUT2D eigenvalue weighted by Gasteiger charge is 2.08. The van der Waals surface area contributed by atoms with Crippen LogP contribution in [0.1, 0.15) is 11.1 Å². The minimum Gasteiger partial charge on any atom is -0.258 e. The number of para-hydroxylation sites is 1. The predicted octanol–water partition coefficient (Wildman–Crippen LogP) is 4.87. The van der Waals surface area contributed by atoms with E-state index in [0.717, 1.165) is 5.56 Å². The van der Waals surface area contributed by atoms with Crippen molar-refractivity contribution in [3.8, 4) is 6.07 Å². The third-order valence-electron chi connectivity index (χ3n) is 2.95. The summed E-state index contributed by atoms with van der Waals surface area (Å²) in [5, 5.41) is 20.7. The zero-order chi connectivity index (χ0) is 15.9. The van der Waals surface area contributed by atoms with Crippen LogP contribution in [0.25, 0.3) is 11.6 Å². The molecule has 0 aliphatic carbocycles. The number of nitro groups is 1. The zero-order valence-corrected chi connectivity index (χ0v) is 12.2. The van der Waals surface area contributed by atoms with Crippen molar-refractivity contribution in [1.82, 2.24) is 0 Å². The normalized spacial score (nSPS) is 11.4. The maximum Gasteiger partial charge on any atom is 0.276 e. The molecule has 0 aliphatic rings. The summed E-state index contributed by atoms with van der Waals surface area (Å²) >= 11 is 5.81. The van der Waals surface area contributed by atoms with Gasteiger partial charge >= 0.3 is 0 Å². The Balaban J connectivity index is 2.28. The molecule has 0 saturated heterocycles. The third kappa shape index (κ3) is 3.81. The van der Waals surface area contributed by atoms with Gasteiger partial charge in [0.05, 0.1) is 22.1 Å². The lowest BCUT2D eigenvalue weighted by Gasteiger charge is -1.98.